The number of aryl methyl sites for hydroxylation is 1. The van der Waals surface area contributed by atoms with Gasteiger partial charge in [-0.15, -0.1) is 0 Å². The van der Waals surface area contributed by atoms with Gasteiger partial charge < -0.3 is 10.5 Å². The van der Waals surface area contributed by atoms with Crippen LogP contribution in [0.2, 0.25) is 0 Å². The molecule has 2 N–H and O–H groups in total. The topological polar surface area (TPSA) is 91.7 Å². The van der Waals surface area contributed by atoms with E-state index in [1.807, 2.05) is 20.2 Å². The van der Waals surface area contributed by atoms with Gasteiger partial charge in [-0.25, -0.2) is 0 Å². The summed E-state index contributed by atoms with van der Waals surface area (Å²) in [6, 6.07) is 0.242. The Morgan fingerprint density at radius 1 is 1.41 bits per heavy atom. The molecule has 0 atom stereocenters. The highest BCUT2D eigenvalue weighted by Gasteiger charge is 2.07. The Kier molecular flexibility index (Phi) is 3.43. The predicted octanol–water partition coefficient (Wildman–Crippen LogP) is 0.737. The van der Waals surface area contributed by atoms with Crippen LogP contribution in [-0.4, -0.2) is 31.3 Å². The number of hydrogen-bond donors (Lipinski definition) is 1. The number of nitrogens with zero attached hydrogens (tertiary/aromatic N) is 5. The van der Waals surface area contributed by atoms with Crippen molar-refractivity contribution in [2.24, 2.45) is 7.05 Å². The maximum Gasteiger partial charge on any atom is 0.322 e. The third kappa shape index (κ3) is 3.06. The van der Waals surface area contributed by atoms with Gasteiger partial charge in [-0.2, -0.15) is 20.1 Å². The Morgan fingerprint density at radius 3 is 2.88 bits per heavy atom. The molecule has 0 radical (unpaired) electrons. The number of aromatic nitrogens is 5. The Hall–Kier alpha value is -1.83. The van der Waals surface area contributed by atoms with Crippen LogP contribution >= 0.6 is 11.8 Å². The minimum atomic E-state index is 0.148. The first-order chi connectivity index (χ1) is 8.17. The van der Waals surface area contributed by atoms with Crippen molar-refractivity contribution >= 4 is 17.7 Å². The van der Waals surface area contributed by atoms with Gasteiger partial charge in [0, 0.05) is 13.2 Å². The van der Waals surface area contributed by atoms with Crippen LogP contribution in [-0.2, 0) is 7.05 Å². The SMILES string of the molecule is CCOc1nc(N)nc(Sc2cnn(C)c2)n1. The molecule has 2 rings (SSSR count). The van der Waals surface area contributed by atoms with E-state index in [1.54, 1.807) is 10.9 Å². The quantitative estimate of drug-likeness (QED) is 0.857. The van der Waals surface area contributed by atoms with Gasteiger partial charge in [0.05, 0.1) is 17.7 Å². The van der Waals surface area contributed by atoms with Crippen molar-refractivity contribution in [2.75, 3.05) is 12.3 Å². The summed E-state index contributed by atoms with van der Waals surface area (Å²) in [5.41, 5.74) is 5.57. The smallest absolute Gasteiger partial charge is 0.322 e. The number of rotatable bonds is 4. The summed E-state index contributed by atoms with van der Waals surface area (Å²) in [5, 5.41) is 4.55. The molecule has 0 aliphatic heterocycles. The van der Waals surface area contributed by atoms with E-state index in [0.29, 0.717) is 11.8 Å². The van der Waals surface area contributed by atoms with Crippen molar-refractivity contribution in [2.45, 2.75) is 17.0 Å². The van der Waals surface area contributed by atoms with Crippen LogP contribution in [0.4, 0.5) is 5.95 Å². The fourth-order valence-electron chi connectivity index (χ4n) is 1.15. The van der Waals surface area contributed by atoms with E-state index in [2.05, 4.69) is 20.1 Å². The van der Waals surface area contributed by atoms with Crippen molar-refractivity contribution in [3.63, 3.8) is 0 Å². The third-order valence-electron chi connectivity index (χ3n) is 1.78. The van der Waals surface area contributed by atoms with Crippen molar-refractivity contribution in [1.29, 1.82) is 0 Å². The van der Waals surface area contributed by atoms with E-state index in [1.165, 1.54) is 11.8 Å². The second kappa shape index (κ2) is 5.00. The van der Waals surface area contributed by atoms with E-state index in [0.717, 1.165) is 4.90 Å². The van der Waals surface area contributed by atoms with E-state index in [9.17, 15) is 0 Å². The average molecular weight is 252 g/mol. The summed E-state index contributed by atoms with van der Waals surface area (Å²) >= 11 is 1.36. The van der Waals surface area contributed by atoms with Crippen LogP contribution < -0.4 is 10.5 Å². The number of nitrogens with two attached hydrogens (primary N) is 1. The number of hydrogen-bond acceptors (Lipinski definition) is 7. The maximum atomic E-state index is 5.57. The Bertz CT molecular complexity index is 514. The van der Waals surface area contributed by atoms with Crippen molar-refractivity contribution in [1.82, 2.24) is 24.7 Å². The van der Waals surface area contributed by atoms with Gasteiger partial charge in [0.15, 0.2) is 0 Å². The molecule has 0 spiro atoms. The Morgan fingerprint density at radius 2 is 2.24 bits per heavy atom. The van der Waals surface area contributed by atoms with Gasteiger partial charge in [0.25, 0.3) is 0 Å². The van der Waals surface area contributed by atoms with E-state index < -0.39 is 0 Å². The zero-order valence-electron chi connectivity index (χ0n) is 9.49. The highest BCUT2D eigenvalue weighted by Crippen LogP contribution is 2.25. The second-order valence-electron chi connectivity index (χ2n) is 3.14. The fourth-order valence-corrected chi connectivity index (χ4v) is 1.93. The van der Waals surface area contributed by atoms with Crippen molar-refractivity contribution in [3.05, 3.63) is 12.4 Å². The molecule has 17 heavy (non-hydrogen) atoms. The molecule has 2 aromatic heterocycles. The molecule has 8 heteroatoms. The molecule has 90 valence electrons. The van der Waals surface area contributed by atoms with Gasteiger partial charge in [0.1, 0.15) is 0 Å². The van der Waals surface area contributed by atoms with Crippen LogP contribution in [0.5, 0.6) is 6.01 Å². The monoisotopic (exact) mass is 252 g/mol. The number of ether oxygens (including phenoxy) is 1. The fraction of sp³-hybridized carbons (Fsp3) is 0.333. The van der Waals surface area contributed by atoms with Gasteiger partial charge in [-0.3, -0.25) is 4.68 Å². The van der Waals surface area contributed by atoms with Gasteiger partial charge in [-0.1, -0.05) is 0 Å². The van der Waals surface area contributed by atoms with Crippen molar-refractivity contribution < 1.29 is 4.74 Å². The molecule has 7 nitrogen and oxygen atoms in total. The molecule has 2 aromatic rings. The normalized spacial score (nSPS) is 10.5. The first kappa shape index (κ1) is 11.6. The first-order valence-corrected chi connectivity index (χ1v) is 5.80. The van der Waals surface area contributed by atoms with Gasteiger partial charge in [0.2, 0.25) is 11.1 Å². The molecular formula is C9H12N6OS. The summed E-state index contributed by atoms with van der Waals surface area (Å²) in [6.45, 7) is 2.34. The predicted molar refractivity (Wildman–Crippen MR) is 62.7 cm³/mol. The van der Waals surface area contributed by atoms with Gasteiger partial charge >= 0.3 is 6.01 Å². The summed E-state index contributed by atoms with van der Waals surface area (Å²) in [6.07, 6.45) is 3.59. The van der Waals surface area contributed by atoms with Crippen LogP contribution in [0.1, 0.15) is 6.92 Å². The lowest BCUT2D eigenvalue weighted by molar-refractivity contribution is 0.308. The summed E-state index contributed by atoms with van der Waals surface area (Å²) in [4.78, 5) is 13.0. The molecule has 0 fully saturated rings. The van der Waals surface area contributed by atoms with Gasteiger partial charge in [-0.05, 0) is 18.7 Å². The van der Waals surface area contributed by atoms with Crippen LogP contribution in [0.3, 0.4) is 0 Å². The largest absolute Gasteiger partial charge is 0.464 e. The van der Waals surface area contributed by atoms with E-state index in [-0.39, 0.29) is 12.0 Å². The Balaban J connectivity index is 2.20. The van der Waals surface area contributed by atoms with Crippen LogP contribution in [0.25, 0.3) is 0 Å². The lowest BCUT2D eigenvalue weighted by atomic mass is 10.7. The minimum Gasteiger partial charge on any atom is -0.464 e. The summed E-state index contributed by atoms with van der Waals surface area (Å²) < 4.78 is 6.90. The highest BCUT2D eigenvalue weighted by molar-refractivity contribution is 7.99. The standard InChI is InChI=1S/C9H12N6OS/c1-3-16-8-12-7(10)13-9(14-8)17-6-4-11-15(2)5-6/h4-5H,3H2,1-2H3,(H2,10,12,13,14). The molecular weight excluding hydrogens is 240 g/mol. The lowest BCUT2D eigenvalue weighted by Gasteiger charge is -2.03. The Labute approximate surface area is 102 Å². The zero-order chi connectivity index (χ0) is 12.3. The minimum absolute atomic E-state index is 0.148. The summed E-state index contributed by atoms with van der Waals surface area (Å²) in [7, 11) is 1.84. The molecule has 0 aliphatic rings. The van der Waals surface area contributed by atoms with Crippen molar-refractivity contribution in [3.8, 4) is 6.01 Å². The van der Waals surface area contributed by atoms with E-state index >= 15 is 0 Å². The first-order valence-electron chi connectivity index (χ1n) is 4.98. The van der Waals surface area contributed by atoms with Crippen LogP contribution in [0.15, 0.2) is 22.4 Å². The highest BCUT2D eigenvalue weighted by atomic mass is 32.2. The number of anilines is 1. The maximum absolute atomic E-state index is 5.57. The summed E-state index contributed by atoms with van der Waals surface area (Å²) in [5.74, 6) is 0.148. The zero-order valence-corrected chi connectivity index (χ0v) is 10.3. The molecule has 0 amide bonds. The number of nitrogen functional groups attached to an aromatic ring is 1. The molecule has 0 aromatic carbocycles. The average Bonchev–Trinajstić information content (AvgIpc) is 2.63. The molecule has 0 aliphatic carbocycles. The molecule has 0 unspecified atom stereocenters. The molecule has 0 bridgehead atoms. The molecule has 0 saturated carbocycles. The third-order valence-corrected chi connectivity index (χ3v) is 2.59. The molecule has 0 saturated heterocycles. The lowest BCUT2D eigenvalue weighted by Crippen LogP contribution is -2.04. The van der Waals surface area contributed by atoms with Crippen LogP contribution in [0, 0.1) is 0 Å². The molecule has 2 heterocycles. The van der Waals surface area contributed by atoms with E-state index in [4.69, 9.17) is 10.5 Å². The second-order valence-corrected chi connectivity index (χ2v) is 4.18.